The molecule has 25 heavy (non-hydrogen) atoms. The zero-order valence-electron chi connectivity index (χ0n) is 16.3. The Morgan fingerprint density at radius 1 is 0.880 bits per heavy atom. The molecule has 1 unspecified atom stereocenters. The van der Waals surface area contributed by atoms with Crippen molar-refractivity contribution in [2.45, 2.75) is 64.9 Å². The molecule has 0 fully saturated rings. The molecule has 0 bridgehead atoms. The molecule has 0 saturated heterocycles. The fourth-order valence-corrected chi connectivity index (χ4v) is 3.37. The monoisotopic (exact) mass is 338 g/mol. The minimum absolute atomic E-state index is 0.0462. The van der Waals surface area contributed by atoms with Crippen molar-refractivity contribution in [1.29, 1.82) is 0 Å². The van der Waals surface area contributed by atoms with Gasteiger partial charge in [-0.2, -0.15) is 0 Å². The van der Waals surface area contributed by atoms with Crippen molar-refractivity contribution in [1.82, 2.24) is 0 Å². The van der Waals surface area contributed by atoms with E-state index in [2.05, 4.69) is 84.0 Å². The Balaban J connectivity index is 1.73. The molecule has 2 nitrogen and oxygen atoms in total. The van der Waals surface area contributed by atoms with E-state index in [0.29, 0.717) is 6.61 Å². The molecular formula is C23H30O2. The zero-order valence-corrected chi connectivity index (χ0v) is 16.3. The molecule has 0 saturated carbocycles. The van der Waals surface area contributed by atoms with Crippen LogP contribution in [0.2, 0.25) is 0 Å². The molecule has 0 spiro atoms. The second-order valence-corrected chi connectivity index (χ2v) is 8.92. The van der Waals surface area contributed by atoms with E-state index in [1.807, 2.05) is 0 Å². The maximum absolute atomic E-state index is 6.26. The predicted molar refractivity (Wildman–Crippen MR) is 104 cm³/mol. The fourth-order valence-electron chi connectivity index (χ4n) is 3.37. The van der Waals surface area contributed by atoms with Crippen molar-refractivity contribution < 1.29 is 9.47 Å². The third kappa shape index (κ3) is 4.00. The van der Waals surface area contributed by atoms with E-state index in [1.54, 1.807) is 0 Å². The second kappa shape index (κ2) is 6.40. The summed E-state index contributed by atoms with van der Waals surface area (Å²) in [7, 11) is 0. The summed E-state index contributed by atoms with van der Waals surface area (Å²) in [4.78, 5) is 0. The van der Waals surface area contributed by atoms with Gasteiger partial charge >= 0.3 is 0 Å². The average Bonchev–Trinajstić information content (AvgIpc) is 2.53. The predicted octanol–water partition coefficient (Wildman–Crippen LogP) is 5.80. The van der Waals surface area contributed by atoms with Crippen LogP contribution in [0.3, 0.4) is 0 Å². The van der Waals surface area contributed by atoms with E-state index >= 15 is 0 Å². The number of ether oxygens (including phenoxy) is 2. The smallest absolute Gasteiger partial charge is 0.161 e. The lowest BCUT2D eigenvalue weighted by atomic mass is 9.79. The average molecular weight is 338 g/mol. The van der Waals surface area contributed by atoms with Crippen LogP contribution in [0.15, 0.2) is 42.5 Å². The standard InChI is InChI=1S/C23H30O2/c1-16-7-9-17(10-8-16)23(5,6)14-19-15-24-21-13-18(22(2,3)4)11-12-20(21)25-19/h7-13,19H,14-15H2,1-6H3. The molecule has 2 aromatic carbocycles. The Morgan fingerprint density at radius 3 is 2.16 bits per heavy atom. The highest BCUT2D eigenvalue weighted by molar-refractivity contribution is 5.46. The van der Waals surface area contributed by atoms with Crippen LogP contribution in [-0.2, 0) is 10.8 Å². The summed E-state index contributed by atoms with van der Waals surface area (Å²) in [5, 5.41) is 0. The van der Waals surface area contributed by atoms with Crippen LogP contribution in [0.25, 0.3) is 0 Å². The van der Waals surface area contributed by atoms with Gasteiger partial charge in [0.25, 0.3) is 0 Å². The first-order valence-corrected chi connectivity index (χ1v) is 9.16. The van der Waals surface area contributed by atoms with E-state index in [1.165, 1.54) is 16.7 Å². The first kappa shape index (κ1) is 17.8. The zero-order chi connectivity index (χ0) is 18.2. The quantitative estimate of drug-likeness (QED) is 0.704. The molecule has 1 heterocycles. The number of hydrogen-bond acceptors (Lipinski definition) is 2. The maximum Gasteiger partial charge on any atom is 0.161 e. The summed E-state index contributed by atoms with van der Waals surface area (Å²) in [5.74, 6) is 1.74. The molecule has 0 N–H and O–H groups in total. The summed E-state index contributed by atoms with van der Waals surface area (Å²) in [6.07, 6.45) is 1.00. The van der Waals surface area contributed by atoms with Gasteiger partial charge in [-0.3, -0.25) is 0 Å². The fraction of sp³-hybridized carbons (Fsp3) is 0.478. The van der Waals surface area contributed by atoms with Gasteiger partial charge in [0.05, 0.1) is 0 Å². The molecule has 1 aliphatic rings. The van der Waals surface area contributed by atoms with Gasteiger partial charge in [-0.15, -0.1) is 0 Å². The van der Waals surface area contributed by atoms with E-state index in [-0.39, 0.29) is 16.9 Å². The lowest BCUT2D eigenvalue weighted by molar-refractivity contribution is 0.0701. The van der Waals surface area contributed by atoms with E-state index in [9.17, 15) is 0 Å². The molecule has 0 aliphatic carbocycles. The Kier molecular flexibility index (Phi) is 4.57. The maximum atomic E-state index is 6.26. The second-order valence-electron chi connectivity index (χ2n) is 8.92. The molecule has 2 heteroatoms. The molecular weight excluding hydrogens is 308 g/mol. The van der Waals surface area contributed by atoms with Gasteiger partial charge < -0.3 is 9.47 Å². The van der Waals surface area contributed by atoms with Gasteiger partial charge in [0.2, 0.25) is 0 Å². The van der Waals surface area contributed by atoms with E-state index < -0.39 is 0 Å². The van der Waals surface area contributed by atoms with Gasteiger partial charge in [-0.05, 0) is 47.4 Å². The van der Waals surface area contributed by atoms with Crippen LogP contribution < -0.4 is 9.47 Å². The third-order valence-electron chi connectivity index (χ3n) is 5.10. The van der Waals surface area contributed by atoms with Crippen LogP contribution in [0, 0.1) is 6.92 Å². The summed E-state index contributed by atoms with van der Waals surface area (Å²) < 4.78 is 12.3. The van der Waals surface area contributed by atoms with Gasteiger partial charge in [-0.25, -0.2) is 0 Å². The summed E-state index contributed by atoms with van der Waals surface area (Å²) in [6, 6.07) is 15.1. The molecule has 0 radical (unpaired) electrons. The van der Waals surface area contributed by atoms with Crippen LogP contribution in [0.5, 0.6) is 11.5 Å². The molecule has 1 aliphatic heterocycles. The topological polar surface area (TPSA) is 18.5 Å². The summed E-state index contributed by atoms with van der Waals surface area (Å²) in [6.45, 7) is 13.9. The number of aryl methyl sites for hydroxylation is 1. The largest absolute Gasteiger partial charge is 0.486 e. The molecule has 0 aromatic heterocycles. The number of benzene rings is 2. The Hall–Kier alpha value is -1.96. The van der Waals surface area contributed by atoms with Crippen molar-refractivity contribution in [2.75, 3.05) is 6.61 Å². The molecule has 1 atom stereocenters. The van der Waals surface area contributed by atoms with Crippen molar-refractivity contribution in [3.63, 3.8) is 0 Å². The van der Waals surface area contributed by atoms with Gasteiger partial charge in [-0.1, -0.05) is 70.5 Å². The lowest BCUT2D eigenvalue weighted by Gasteiger charge is -2.34. The molecule has 3 rings (SSSR count). The van der Waals surface area contributed by atoms with E-state index in [4.69, 9.17) is 9.47 Å². The molecule has 2 aromatic rings. The Bertz CT molecular complexity index is 736. The SMILES string of the molecule is Cc1ccc(C(C)(C)CC2COc3cc(C(C)(C)C)ccc3O2)cc1. The Morgan fingerprint density at radius 2 is 1.52 bits per heavy atom. The Labute approximate surface area is 152 Å². The van der Waals surface area contributed by atoms with Crippen LogP contribution >= 0.6 is 0 Å². The highest BCUT2D eigenvalue weighted by Crippen LogP contribution is 2.38. The number of fused-ring (bicyclic) bond motifs is 1. The van der Waals surface area contributed by atoms with Gasteiger partial charge in [0.1, 0.15) is 12.7 Å². The highest BCUT2D eigenvalue weighted by Gasteiger charge is 2.30. The molecule has 134 valence electrons. The van der Waals surface area contributed by atoms with Crippen molar-refractivity contribution >= 4 is 0 Å². The van der Waals surface area contributed by atoms with Crippen molar-refractivity contribution in [3.8, 4) is 11.5 Å². The van der Waals surface area contributed by atoms with Gasteiger partial charge in [0, 0.05) is 0 Å². The summed E-state index contributed by atoms with van der Waals surface area (Å²) >= 11 is 0. The minimum atomic E-state index is 0.0462. The van der Waals surface area contributed by atoms with Crippen LogP contribution in [-0.4, -0.2) is 12.7 Å². The van der Waals surface area contributed by atoms with Gasteiger partial charge in [0.15, 0.2) is 11.5 Å². The van der Waals surface area contributed by atoms with E-state index in [0.717, 1.165) is 17.9 Å². The van der Waals surface area contributed by atoms with Crippen molar-refractivity contribution in [3.05, 3.63) is 59.2 Å². The highest BCUT2D eigenvalue weighted by atomic mass is 16.6. The number of hydrogen-bond donors (Lipinski definition) is 0. The lowest BCUT2D eigenvalue weighted by Crippen LogP contribution is -2.35. The summed E-state index contributed by atoms with van der Waals surface area (Å²) in [5.41, 5.74) is 4.07. The normalized spacial score (nSPS) is 17.4. The first-order chi connectivity index (χ1) is 11.6. The molecule has 0 amide bonds. The van der Waals surface area contributed by atoms with Crippen molar-refractivity contribution in [2.24, 2.45) is 0 Å². The number of rotatable bonds is 3. The third-order valence-corrected chi connectivity index (χ3v) is 5.10. The van der Waals surface area contributed by atoms with Crippen LogP contribution in [0.1, 0.15) is 57.7 Å². The van der Waals surface area contributed by atoms with Crippen LogP contribution in [0.4, 0.5) is 0 Å². The minimum Gasteiger partial charge on any atom is -0.486 e. The first-order valence-electron chi connectivity index (χ1n) is 9.16.